The molecule has 0 aliphatic heterocycles. The fourth-order valence-corrected chi connectivity index (χ4v) is 1.47. The van der Waals surface area contributed by atoms with Crippen molar-refractivity contribution in [2.75, 3.05) is 7.11 Å². The number of methoxy groups -OCH3 is 1. The first-order valence-corrected chi connectivity index (χ1v) is 5.12. The SMILES string of the molecule is COCc1nc(C(N)c2ccc(F)cc2)n[nH]1. The molecule has 1 atom stereocenters. The van der Waals surface area contributed by atoms with Gasteiger partial charge in [0.25, 0.3) is 0 Å². The van der Waals surface area contributed by atoms with E-state index in [4.69, 9.17) is 10.5 Å². The summed E-state index contributed by atoms with van der Waals surface area (Å²) in [4.78, 5) is 4.19. The maximum atomic E-state index is 12.8. The van der Waals surface area contributed by atoms with Gasteiger partial charge in [0.1, 0.15) is 12.4 Å². The Bertz CT molecular complexity index is 482. The summed E-state index contributed by atoms with van der Waals surface area (Å²) in [6.07, 6.45) is 0. The van der Waals surface area contributed by atoms with Crippen molar-refractivity contribution in [1.29, 1.82) is 0 Å². The number of aromatic nitrogens is 3. The van der Waals surface area contributed by atoms with E-state index in [0.717, 1.165) is 5.56 Å². The molecule has 2 aromatic rings. The lowest BCUT2D eigenvalue weighted by atomic mass is 10.1. The van der Waals surface area contributed by atoms with Gasteiger partial charge in [0, 0.05) is 7.11 Å². The molecule has 0 amide bonds. The van der Waals surface area contributed by atoms with Crippen LogP contribution in [0.2, 0.25) is 0 Å². The number of hydrogen-bond donors (Lipinski definition) is 2. The van der Waals surface area contributed by atoms with Crippen LogP contribution in [0.25, 0.3) is 0 Å². The van der Waals surface area contributed by atoms with Crippen molar-refractivity contribution in [2.45, 2.75) is 12.6 Å². The van der Waals surface area contributed by atoms with Gasteiger partial charge in [-0.15, -0.1) is 0 Å². The third-order valence-electron chi connectivity index (χ3n) is 2.34. The first-order valence-electron chi connectivity index (χ1n) is 5.12. The van der Waals surface area contributed by atoms with Gasteiger partial charge in [-0.2, -0.15) is 5.10 Å². The van der Waals surface area contributed by atoms with Crippen molar-refractivity contribution in [1.82, 2.24) is 15.2 Å². The Kier molecular flexibility index (Phi) is 3.46. The molecule has 1 aromatic heterocycles. The largest absolute Gasteiger partial charge is 0.377 e. The summed E-state index contributed by atoms with van der Waals surface area (Å²) in [6.45, 7) is 0.350. The van der Waals surface area contributed by atoms with Crippen LogP contribution >= 0.6 is 0 Å². The second kappa shape index (κ2) is 5.03. The molecule has 2 rings (SSSR count). The van der Waals surface area contributed by atoms with Crippen LogP contribution in [-0.4, -0.2) is 22.3 Å². The highest BCUT2D eigenvalue weighted by Gasteiger charge is 2.14. The van der Waals surface area contributed by atoms with E-state index < -0.39 is 6.04 Å². The molecule has 0 saturated carbocycles. The summed E-state index contributed by atoms with van der Waals surface area (Å²) >= 11 is 0. The lowest BCUT2D eigenvalue weighted by Crippen LogP contribution is -2.13. The van der Waals surface area contributed by atoms with E-state index in [9.17, 15) is 4.39 Å². The molecule has 1 unspecified atom stereocenters. The predicted octanol–water partition coefficient (Wildman–Crippen LogP) is 1.14. The van der Waals surface area contributed by atoms with Gasteiger partial charge in [-0.25, -0.2) is 9.37 Å². The molecule has 1 aromatic carbocycles. The highest BCUT2D eigenvalue weighted by atomic mass is 19.1. The van der Waals surface area contributed by atoms with Crippen LogP contribution in [0.5, 0.6) is 0 Å². The quantitative estimate of drug-likeness (QED) is 0.834. The molecule has 1 heterocycles. The Balaban J connectivity index is 2.18. The smallest absolute Gasteiger partial charge is 0.171 e. The minimum atomic E-state index is -0.475. The van der Waals surface area contributed by atoms with Gasteiger partial charge in [0.2, 0.25) is 0 Å². The van der Waals surface area contributed by atoms with E-state index in [1.165, 1.54) is 12.1 Å². The van der Waals surface area contributed by atoms with Crippen molar-refractivity contribution in [3.63, 3.8) is 0 Å². The Hall–Kier alpha value is -1.79. The number of ether oxygens (including phenoxy) is 1. The van der Waals surface area contributed by atoms with Gasteiger partial charge in [-0.3, -0.25) is 5.10 Å². The van der Waals surface area contributed by atoms with Crippen LogP contribution < -0.4 is 5.73 Å². The highest BCUT2D eigenvalue weighted by Crippen LogP contribution is 2.16. The standard InChI is InChI=1S/C11H13FN4O/c1-17-6-9-14-11(16-15-9)10(13)7-2-4-8(12)5-3-7/h2-5,10H,6,13H2,1H3,(H,14,15,16). The maximum absolute atomic E-state index is 12.8. The molecule has 0 saturated heterocycles. The van der Waals surface area contributed by atoms with Crippen LogP contribution in [-0.2, 0) is 11.3 Å². The van der Waals surface area contributed by atoms with Crippen LogP contribution in [0.4, 0.5) is 4.39 Å². The van der Waals surface area contributed by atoms with E-state index in [2.05, 4.69) is 15.2 Å². The number of hydrogen-bond acceptors (Lipinski definition) is 4. The third kappa shape index (κ3) is 2.66. The fraction of sp³-hybridized carbons (Fsp3) is 0.273. The van der Waals surface area contributed by atoms with Gasteiger partial charge in [0.05, 0.1) is 6.04 Å². The van der Waals surface area contributed by atoms with Crippen molar-refractivity contribution in [3.05, 3.63) is 47.3 Å². The minimum absolute atomic E-state index is 0.295. The maximum Gasteiger partial charge on any atom is 0.171 e. The zero-order valence-electron chi connectivity index (χ0n) is 9.35. The summed E-state index contributed by atoms with van der Waals surface area (Å²) < 4.78 is 17.7. The Labute approximate surface area is 97.8 Å². The molecular weight excluding hydrogens is 223 g/mol. The van der Waals surface area contributed by atoms with Crippen molar-refractivity contribution in [2.24, 2.45) is 5.73 Å². The molecule has 17 heavy (non-hydrogen) atoms. The van der Waals surface area contributed by atoms with E-state index >= 15 is 0 Å². The molecule has 5 nitrogen and oxygen atoms in total. The summed E-state index contributed by atoms with van der Waals surface area (Å²) in [5.41, 5.74) is 6.73. The molecule has 3 N–H and O–H groups in total. The average molecular weight is 236 g/mol. The number of halogens is 1. The number of nitrogens with two attached hydrogens (primary N) is 1. The van der Waals surface area contributed by atoms with E-state index in [1.807, 2.05) is 0 Å². The summed E-state index contributed by atoms with van der Waals surface area (Å²) in [7, 11) is 1.57. The molecular formula is C11H13FN4O. The third-order valence-corrected chi connectivity index (χ3v) is 2.34. The van der Waals surface area contributed by atoms with Crippen LogP contribution in [0.3, 0.4) is 0 Å². The van der Waals surface area contributed by atoms with Crippen molar-refractivity contribution < 1.29 is 9.13 Å². The minimum Gasteiger partial charge on any atom is -0.377 e. The van der Waals surface area contributed by atoms with E-state index in [1.54, 1.807) is 19.2 Å². The van der Waals surface area contributed by atoms with E-state index in [-0.39, 0.29) is 5.82 Å². The van der Waals surface area contributed by atoms with Crippen molar-refractivity contribution in [3.8, 4) is 0 Å². The zero-order valence-corrected chi connectivity index (χ0v) is 9.35. The summed E-state index contributed by atoms with van der Waals surface area (Å²) in [5.74, 6) is 0.778. The van der Waals surface area contributed by atoms with Crippen LogP contribution in [0.15, 0.2) is 24.3 Å². The second-order valence-electron chi connectivity index (χ2n) is 3.60. The van der Waals surface area contributed by atoms with Gasteiger partial charge in [0.15, 0.2) is 11.6 Å². The Morgan fingerprint density at radius 1 is 1.41 bits per heavy atom. The highest BCUT2D eigenvalue weighted by molar-refractivity contribution is 5.24. The van der Waals surface area contributed by atoms with Crippen LogP contribution in [0, 0.1) is 5.82 Å². The summed E-state index contributed by atoms with van der Waals surface area (Å²) in [5, 5.41) is 6.73. The lowest BCUT2D eigenvalue weighted by Gasteiger charge is -2.07. The topological polar surface area (TPSA) is 76.8 Å². The second-order valence-corrected chi connectivity index (χ2v) is 3.60. The molecule has 6 heteroatoms. The number of benzene rings is 1. The number of aromatic amines is 1. The molecule has 0 bridgehead atoms. The van der Waals surface area contributed by atoms with Crippen LogP contribution in [0.1, 0.15) is 23.3 Å². The van der Waals surface area contributed by atoms with Gasteiger partial charge in [-0.1, -0.05) is 12.1 Å². The fourth-order valence-electron chi connectivity index (χ4n) is 1.47. The molecule has 0 fully saturated rings. The Morgan fingerprint density at radius 2 is 2.12 bits per heavy atom. The van der Waals surface area contributed by atoms with Gasteiger partial charge >= 0.3 is 0 Å². The number of H-pyrrole nitrogens is 1. The normalized spacial score (nSPS) is 12.6. The first-order chi connectivity index (χ1) is 8.20. The van der Waals surface area contributed by atoms with E-state index in [0.29, 0.717) is 18.3 Å². The summed E-state index contributed by atoms with van der Waals surface area (Å²) in [6, 6.07) is 5.48. The lowest BCUT2D eigenvalue weighted by molar-refractivity contribution is 0.178. The molecule has 0 spiro atoms. The number of nitrogens with one attached hydrogen (secondary N) is 1. The molecule has 90 valence electrons. The number of nitrogens with zero attached hydrogens (tertiary/aromatic N) is 2. The first kappa shape index (κ1) is 11.7. The average Bonchev–Trinajstić information content (AvgIpc) is 2.78. The molecule has 0 radical (unpaired) electrons. The molecule has 0 aliphatic carbocycles. The zero-order chi connectivity index (χ0) is 12.3. The molecule has 0 aliphatic rings. The predicted molar refractivity (Wildman–Crippen MR) is 59.5 cm³/mol. The van der Waals surface area contributed by atoms with Crippen molar-refractivity contribution >= 4 is 0 Å². The Morgan fingerprint density at radius 3 is 2.76 bits per heavy atom. The van der Waals surface area contributed by atoms with Gasteiger partial charge in [-0.05, 0) is 17.7 Å². The number of rotatable bonds is 4. The van der Waals surface area contributed by atoms with Gasteiger partial charge < -0.3 is 10.5 Å². The monoisotopic (exact) mass is 236 g/mol.